The van der Waals surface area contributed by atoms with Gasteiger partial charge < -0.3 is 15.5 Å². The molecule has 94 valence electrons. The first-order chi connectivity index (χ1) is 8.33. The van der Waals surface area contributed by atoms with Crippen molar-refractivity contribution in [1.82, 2.24) is 14.9 Å². The fourth-order valence-electron chi connectivity index (χ4n) is 2.07. The fraction of sp³-hybridized carbons (Fsp3) is 0.667. The molecule has 0 atom stereocenters. The highest BCUT2D eigenvalue weighted by atomic mass is 15.3. The van der Waals surface area contributed by atoms with Crippen LogP contribution in [0.15, 0.2) is 12.4 Å². The van der Waals surface area contributed by atoms with Crippen LogP contribution in [0.2, 0.25) is 0 Å². The highest BCUT2D eigenvalue weighted by molar-refractivity contribution is 5.30. The Morgan fingerprint density at radius 1 is 1.18 bits per heavy atom. The molecule has 0 unspecified atom stereocenters. The van der Waals surface area contributed by atoms with E-state index < -0.39 is 0 Å². The molecule has 1 aromatic heterocycles. The van der Waals surface area contributed by atoms with Crippen molar-refractivity contribution in [2.24, 2.45) is 5.73 Å². The summed E-state index contributed by atoms with van der Waals surface area (Å²) in [5.74, 6) is 0.849. The van der Waals surface area contributed by atoms with Crippen LogP contribution < -0.4 is 10.6 Å². The van der Waals surface area contributed by atoms with Crippen LogP contribution in [-0.2, 0) is 6.42 Å². The maximum Gasteiger partial charge on any atom is 0.225 e. The van der Waals surface area contributed by atoms with Crippen molar-refractivity contribution in [3.05, 3.63) is 18.0 Å². The highest BCUT2D eigenvalue weighted by Crippen LogP contribution is 2.10. The van der Waals surface area contributed by atoms with Gasteiger partial charge in [0, 0.05) is 38.6 Å². The van der Waals surface area contributed by atoms with Gasteiger partial charge in [0.15, 0.2) is 0 Å². The largest absolute Gasteiger partial charge is 0.338 e. The predicted molar refractivity (Wildman–Crippen MR) is 69.1 cm³/mol. The average Bonchev–Trinajstić information content (AvgIpc) is 2.40. The van der Waals surface area contributed by atoms with Crippen LogP contribution in [0.1, 0.15) is 12.5 Å². The third-order valence-corrected chi connectivity index (χ3v) is 3.23. The van der Waals surface area contributed by atoms with Crippen LogP contribution in [0.5, 0.6) is 0 Å². The molecule has 0 aromatic carbocycles. The minimum atomic E-state index is 0.651. The molecule has 5 heteroatoms. The van der Waals surface area contributed by atoms with Crippen LogP contribution in [0.25, 0.3) is 0 Å². The zero-order valence-electron chi connectivity index (χ0n) is 10.5. The van der Waals surface area contributed by atoms with Crippen molar-refractivity contribution >= 4 is 5.95 Å². The molecular weight excluding hydrogens is 214 g/mol. The van der Waals surface area contributed by atoms with Gasteiger partial charge in [-0.15, -0.1) is 0 Å². The summed E-state index contributed by atoms with van der Waals surface area (Å²) < 4.78 is 0. The molecule has 0 bridgehead atoms. The lowest BCUT2D eigenvalue weighted by molar-refractivity contribution is 0.270. The Kier molecular flexibility index (Phi) is 4.28. The van der Waals surface area contributed by atoms with E-state index in [2.05, 4.69) is 26.7 Å². The van der Waals surface area contributed by atoms with Crippen molar-refractivity contribution in [1.29, 1.82) is 0 Å². The summed E-state index contributed by atoms with van der Waals surface area (Å²) in [7, 11) is 0. The molecule has 1 aromatic rings. The van der Waals surface area contributed by atoms with Gasteiger partial charge in [-0.25, -0.2) is 9.97 Å². The SMILES string of the molecule is CCN1CCN(c2ncc(CCN)cn2)CC1. The minimum Gasteiger partial charge on any atom is -0.338 e. The second-order valence-corrected chi connectivity index (χ2v) is 4.35. The van der Waals surface area contributed by atoms with Crippen LogP contribution in [0.4, 0.5) is 5.95 Å². The van der Waals surface area contributed by atoms with Gasteiger partial charge in [-0.1, -0.05) is 6.92 Å². The summed E-state index contributed by atoms with van der Waals surface area (Å²) in [5.41, 5.74) is 6.61. The Morgan fingerprint density at radius 3 is 2.35 bits per heavy atom. The molecule has 0 amide bonds. The number of hydrogen-bond donors (Lipinski definition) is 1. The van der Waals surface area contributed by atoms with Gasteiger partial charge in [0.2, 0.25) is 5.95 Å². The second-order valence-electron chi connectivity index (χ2n) is 4.35. The predicted octanol–water partition coefficient (Wildman–Crippen LogP) is 0.120. The zero-order chi connectivity index (χ0) is 12.1. The maximum atomic E-state index is 5.50. The molecule has 1 aliphatic heterocycles. The molecule has 0 radical (unpaired) electrons. The summed E-state index contributed by atoms with van der Waals surface area (Å²) in [6.07, 6.45) is 4.63. The van der Waals surface area contributed by atoms with Crippen molar-refractivity contribution < 1.29 is 0 Å². The number of likely N-dealkylation sites (N-methyl/N-ethyl adjacent to an activating group) is 1. The maximum absolute atomic E-state index is 5.50. The van der Waals surface area contributed by atoms with Crippen LogP contribution >= 0.6 is 0 Å². The molecule has 17 heavy (non-hydrogen) atoms. The van der Waals surface area contributed by atoms with E-state index in [-0.39, 0.29) is 0 Å². The number of hydrogen-bond acceptors (Lipinski definition) is 5. The van der Waals surface area contributed by atoms with Gasteiger partial charge in [0.25, 0.3) is 0 Å². The summed E-state index contributed by atoms with van der Waals surface area (Å²) in [6, 6.07) is 0. The Bertz CT molecular complexity index is 329. The molecule has 0 spiro atoms. The van der Waals surface area contributed by atoms with Gasteiger partial charge in [-0.05, 0) is 25.1 Å². The molecule has 0 aliphatic carbocycles. The first-order valence-electron chi connectivity index (χ1n) is 6.31. The second kappa shape index (κ2) is 5.93. The van der Waals surface area contributed by atoms with Crippen LogP contribution in [-0.4, -0.2) is 54.1 Å². The molecule has 1 saturated heterocycles. The summed E-state index contributed by atoms with van der Waals surface area (Å²) in [6.45, 7) is 8.22. The highest BCUT2D eigenvalue weighted by Gasteiger charge is 2.17. The number of anilines is 1. The van der Waals surface area contributed by atoms with Crippen molar-refractivity contribution in [2.45, 2.75) is 13.3 Å². The lowest BCUT2D eigenvalue weighted by Crippen LogP contribution is -2.46. The van der Waals surface area contributed by atoms with E-state index in [1.165, 1.54) is 0 Å². The first-order valence-corrected chi connectivity index (χ1v) is 6.31. The number of piperazine rings is 1. The Balaban J connectivity index is 1.94. The zero-order valence-corrected chi connectivity index (χ0v) is 10.5. The van der Waals surface area contributed by atoms with E-state index in [4.69, 9.17) is 5.73 Å². The molecule has 1 aliphatic rings. The van der Waals surface area contributed by atoms with Crippen molar-refractivity contribution in [3.63, 3.8) is 0 Å². The molecule has 2 rings (SSSR count). The van der Waals surface area contributed by atoms with Crippen molar-refractivity contribution in [2.75, 3.05) is 44.2 Å². The third-order valence-electron chi connectivity index (χ3n) is 3.23. The molecule has 1 fully saturated rings. The topological polar surface area (TPSA) is 58.3 Å². The molecule has 5 nitrogen and oxygen atoms in total. The first kappa shape index (κ1) is 12.3. The Hall–Kier alpha value is -1.20. The number of aromatic nitrogens is 2. The normalized spacial score (nSPS) is 17.4. The monoisotopic (exact) mass is 235 g/mol. The van der Waals surface area contributed by atoms with E-state index in [1.54, 1.807) is 0 Å². The van der Waals surface area contributed by atoms with Gasteiger partial charge in [0.1, 0.15) is 0 Å². The number of nitrogens with zero attached hydrogens (tertiary/aromatic N) is 4. The van der Waals surface area contributed by atoms with Crippen LogP contribution in [0, 0.1) is 0 Å². The summed E-state index contributed by atoms with van der Waals surface area (Å²) in [5, 5.41) is 0. The summed E-state index contributed by atoms with van der Waals surface area (Å²) >= 11 is 0. The molecular formula is C12H21N5. The molecule has 2 N–H and O–H groups in total. The van der Waals surface area contributed by atoms with Gasteiger partial charge in [-0.2, -0.15) is 0 Å². The number of rotatable bonds is 4. The summed E-state index contributed by atoms with van der Waals surface area (Å²) in [4.78, 5) is 13.5. The lowest BCUT2D eigenvalue weighted by atomic mass is 10.2. The van der Waals surface area contributed by atoms with Crippen LogP contribution in [0.3, 0.4) is 0 Å². The molecule has 2 heterocycles. The van der Waals surface area contributed by atoms with E-state index in [0.717, 1.165) is 50.7 Å². The number of nitrogens with two attached hydrogens (primary N) is 1. The average molecular weight is 235 g/mol. The fourth-order valence-corrected chi connectivity index (χ4v) is 2.07. The van der Waals surface area contributed by atoms with Gasteiger partial charge in [0.05, 0.1) is 0 Å². The van der Waals surface area contributed by atoms with E-state index in [0.29, 0.717) is 6.54 Å². The van der Waals surface area contributed by atoms with Gasteiger partial charge >= 0.3 is 0 Å². The van der Waals surface area contributed by atoms with E-state index in [9.17, 15) is 0 Å². The third kappa shape index (κ3) is 3.14. The van der Waals surface area contributed by atoms with Crippen molar-refractivity contribution in [3.8, 4) is 0 Å². The van der Waals surface area contributed by atoms with Gasteiger partial charge in [-0.3, -0.25) is 0 Å². The standard InChI is InChI=1S/C12H21N5/c1-2-16-5-7-17(8-6-16)12-14-9-11(3-4-13)10-15-12/h9-10H,2-8,13H2,1H3. The minimum absolute atomic E-state index is 0.651. The van der Waals surface area contributed by atoms with E-state index >= 15 is 0 Å². The lowest BCUT2D eigenvalue weighted by Gasteiger charge is -2.33. The molecule has 0 saturated carbocycles. The Morgan fingerprint density at radius 2 is 1.82 bits per heavy atom. The quantitative estimate of drug-likeness (QED) is 0.803. The smallest absolute Gasteiger partial charge is 0.225 e. The van der Waals surface area contributed by atoms with E-state index in [1.807, 2.05) is 12.4 Å². The Labute approximate surface area is 103 Å².